The Kier molecular flexibility index (Phi) is 3.17. The Morgan fingerprint density at radius 2 is 2.15 bits per heavy atom. The van der Waals surface area contributed by atoms with E-state index in [2.05, 4.69) is 20.1 Å². The molecule has 0 radical (unpaired) electrons. The van der Waals surface area contributed by atoms with Crippen LogP contribution >= 0.6 is 11.6 Å². The molecule has 0 fully saturated rings. The lowest BCUT2D eigenvalue weighted by atomic mass is 10.3. The van der Waals surface area contributed by atoms with Crippen molar-refractivity contribution in [3.63, 3.8) is 0 Å². The molecule has 20 heavy (non-hydrogen) atoms. The van der Waals surface area contributed by atoms with E-state index in [9.17, 15) is 0 Å². The summed E-state index contributed by atoms with van der Waals surface area (Å²) in [4.78, 5) is 13.2. The summed E-state index contributed by atoms with van der Waals surface area (Å²) < 4.78 is 7.08. The summed E-state index contributed by atoms with van der Waals surface area (Å²) in [6.45, 7) is 6.06. The Morgan fingerprint density at radius 3 is 2.80 bits per heavy atom. The van der Waals surface area contributed by atoms with Crippen LogP contribution in [0.15, 0.2) is 16.8 Å². The molecule has 0 aliphatic heterocycles. The molecule has 6 nitrogen and oxygen atoms in total. The van der Waals surface area contributed by atoms with E-state index in [0.717, 1.165) is 22.6 Å². The smallest absolute Gasteiger partial charge is 0.246 e. The maximum Gasteiger partial charge on any atom is 0.246 e. The number of rotatable bonds is 3. The van der Waals surface area contributed by atoms with E-state index >= 15 is 0 Å². The van der Waals surface area contributed by atoms with Crippen molar-refractivity contribution in [1.29, 1.82) is 0 Å². The predicted molar refractivity (Wildman–Crippen MR) is 74.7 cm³/mol. The molecule has 0 aromatic carbocycles. The Bertz CT molecular complexity index is 761. The van der Waals surface area contributed by atoms with E-state index in [0.29, 0.717) is 18.3 Å². The van der Waals surface area contributed by atoms with Gasteiger partial charge in [-0.25, -0.2) is 9.97 Å². The fraction of sp³-hybridized carbons (Fsp3) is 0.385. The SMILES string of the molecule is Cc1cnc2c(c1)nc(C(C)Cl)n2Cc1nc(C)no1. The first-order valence-electron chi connectivity index (χ1n) is 6.30. The second kappa shape index (κ2) is 4.86. The van der Waals surface area contributed by atoms with Crippen LogP contribution in [0.2, 0.25) is 0 Å². The van der Waals surface area contributed by atoms with E-state index < -0.39 is 0 Å². The van der Waals surface area contributed by atoms with Gasteiger partial charge in [0, 0.05) is 6.20 Å². The van der Waals surface area contributed by atoms with Crippen molar-refractivity contribution in [3.05, 3.63) is 35.4 Å². The number of halogens is 1. The molecule has 0 spiro atoms. The van der Waals surface area contributed by atoms with Crippen molar-refractivity contribution >= 4 is 22.8 Å². The lowest BCUT2D eigenvalue weighted by Gasteiger charge is -2.06. The van der Waals surface area contributed by atoms with Crippen molar-refractivity contribution in [2.24, 2.45) is 0 Å². The van der Waals surface area contributed by atoms with Crippen LogP contribution in [0.25, 0.3) is 11.2 Å². The van der Waals surface area contributed by atoms with E-state index in [1.54, 1.807) is 6.92 Å². The number of fused-ring (bicyclic) bond motifs is 1. The minimum absolute atomic E-state index is 0.228. The van der Waals surface area contributed by atoms with Crippen LogP contribution in [0.4, 0.5) is 0 Å². The molecule has 1 unspecified atom stereocenters. The molecule has 0 N–H and O–H groups in total. The number of alkyl halides is 1. The second-order valence-electron chi connectivity index (χ2n) is 4.76. The highest BCUT2D eigenvalue weighted by Crippen LogP contribution is 2.24. The van der Waals surface area contributed by atoms with Gasteiger partial charge in [-0.3, -0.25) is 0 Å². The third-order valence-corrected chi connectivity index (χ3v) is 3.17. The molecule has 0 saturated heterocycles. The number of hydrogen-bond acceptors (Lipinski definition) is 5. The van der Waals surface area contributed by atoms with Gasteiger partial charge >= 0.3 is 0 Å². The molecule has 0 bridgehead atoms. The fourth-order valence-corrected chi connectivity index (χ4v) is 2.29. The molecule has 7 heteroatoms. The van der Waals surface area contributed by atoms with Crippen LogP contribution in [-0.2, 0) is 6.54 Å². The fourth-order valence-electron chi connectivity index (χ4n) is 2.13. The van der Waals surface area contributed by atoms with Crippen molar-refractivity contribution in [1.82, 2.24) is 24.7 Å². The summed E-state index contributed by atoms with van der Waals surface area (Å²) in [5, 5.41) is 3.56. The summed E-state index contributed by atoms with van der Waals surface area (Å²) in [6, 6.07) is 1.99. The van der Waals surface area contributed by atoms with Crippen LogP contribution < -0.4 is 0 Å². The predicted octanol–water partition coefficient (Wildman–Crippen LogP) is 2.78. The van der Waals surface area contributed by atoms with Gasteiger partial charge in [0.15, 0.2) is 11.5 Å². The highest BCUT2D eigenvalue weighted by Gasteiger charge is 2.18. The summed E-state index contributed by atoms with van der Waals surface area (Å²) in [5.41, 5.74) is 2.65. The Hall–Kier alpha value is -1.95. The van der Waals surface area contributed by atoms with Gasteiger partial charge in [-0.05, 0) is 32.4 Å². The van der Waals surface area contributed by atoms with Crippen LogP contribution in [0, 0.1) is 13.8 Å². The van der Waals surface area contributed by atoms with Gasteiger partial charge in [0.05, 0.1) is 5.38 Å². The third-order valence-electron chi connectivity index (χ3n) is 2.97. The highest BCUT2D eigenvalue weighted by molar-refractivity contribution is 6.20. The van der Waals surface area contributed by atoms with E-state index in [-0.39, 0.29) is 5.38 Å². The number of nitrogens with zero attached hydrogens (tertiary/aromatic N) is 5. The first-order chi connectivity index (χ1) is 9.54. The van der Waals surface area contributed by atoms with Gasteiger partial charge in [-0.2, -0.15) is 4.98 Å². The van der Waals surface area contributed by atoms with Gasteiger partial charge in [-0.15, -0.1) is 11.6 Å². The molecule has 3 rings (SSSR count). The quantitative estimate of drug-likeness (QED) is 0.694. The monoisotopic (exact) mass is 291 g/mol. The molecule has 1 atom stereocenters. The summed E-state index contributed by atoms with van der Waals surface area (Å²) in [6.07, 6.45) is 1.81. The van der Waals surface area contributed by atoms with Crippen LogP contribution in [0.3, 0.4) is 0 Å². The average molecular weight is 292 g/mol. The van der Waals surface area contributed by atoms with Gasteiger partial charge in [0.25, 0.3) is 0 Å². The number of aryl methyl sites for hydroxylation is 2. The zero-order valence-electron chi connectivity index (χ0n) is 11.5. The van der Waals surface area contributed by atoms with E-state index in [4.69, 9.17) is 16.1 Å². The zero-order chi connectivity index (χ0) is 14.3. The number of pyridine rings is 1. The Labute approximate surface area is 120 Å². The molecular formula is C13H14ClN5O. The van der Waals surface area contributed by atoms with Gasteiger partial charge < -0.3 is 9.09 Å². The minimum atomic E-state index is -0.228. The lowest BCUT2D eigenvalue weighted by Crippen LogP contribution is -2.07. The molecule has 3 aromatic rings. The van der Waals surface area contributed by atoms with Crippen molar-refractivity contribution < 1.29 is 4.52 Å². The third kappa shape index (κ3) is 2.27. The van der Waals surface area contributed by atoms with Crippen LogP contribution in [-0.4, -0.2) is 24.7 Å². The normalized spacial score (nSPS) is 13.0. The summed E-state index contributed by atoms with van der Waals surface area (Å²) in [5.74, 6) is 1.87. The van der Waals surface area contributed by atoms with Crippen LogP contribution in [0.1, 0.15) is 35.4 Å². The van der Waals surface area contributed by atoms with Gasteiger partial charge in [0.2, 0.25) is 5.89 Å². The van der Waals surface area contributed by atoms with Crippen molar-refractivity contribution in [2.75, 3.05) is 0 Å². The van der Waals surface area contributed by atoms with E-state index in [1.807, 2.05) is 30.7 Å². The lowest BCUT2D eigenvalue weighted by molar-refractivity contribution is 0.367. The number of imidazole rings is 1. The first kappa shape index (κ1) is 13.1. The molecule has 0 aliphatic rings. The molecule has 104 valence electrons. The molecule has 0 saturated carbocycles. The van der Waals surface area contributed by atoms with Gasteiger partial charge in [0.1, 0.15) is 17.9 Å². The van der Waals surface area contributed by atoms with E-state index in [1.165, 1.54) is 0 Å². The molecule has 3 aromatic heterocycles. The average Bonchev–Trinajstić information content (AvgIpc) is 2.94. The van der Waals surface area contributed by atoms with Crippen molar-refractivity contribution in [2.45, 2.75) is 32.7 Å². The summed E-state index contributed by atoms with van der Waals surface area (Å²) in [7, 11) is 0. The minimum Gasteiger partial charge on any atom is -0.337 e. The first-order valence-corrected chi connectivity index (χ1v) is 6.74. The topological polar surface area (TPSA) is 69.6 Å². The second-order valence-corrected chi connectivity index (χ2v) is 5.42. The van der Waals surface area contributed by atoms with Crippen LogP contribution in [0.5, 0.6) is 0 Å². The van der Waals surface area contributed by atoms with Crippen molar-refractivity contribution in [3.8, 4) is 0 Å². The number of hydrogen-bond donors (Lipinski definition) is 0. The maximum atomic E-state index is 6.21. The number of aromatic nitrogens is 5. The molecule has 0 amide bonds. The Balaban J connectivity index is 2.13. The highest BCUT2D eigenvalue weighted by atomic mass is 35.5. The maximum absolute atomic E-state index is 6.21. The molecule has 0 aliphatic carbocycles. The molecule has 3 heterocycles. The molecular weight excluding hydrogens is 278 g/mol. The van der Waals surface area contributed by atoms with Gasteiger partial charge in [-0.1, -0.05) is 5.16 Å². The largest absolute Gasteiger partial charge is 0.337 e. The standard InChI is InChI=1S/C13H14ClN5O/c1-7-4-10-13(15-5-7)19(12(17-10)8(2)14)6-11-16-9(3)18-20-11/h4-5,8H,6H2,1-3H3. The summed E-state index contributed by atoms with van der Waals surface area (Å²) >= 11 is 6.21. The Morgan fingerprint density at radius 1 is 1.35 bits per heavy atom. The zero-order valence-corrected chi connectivity index (χ0v) is 12.2.